The average molecular weight is 137 g/mol. The van der Waals surface area contributed by atoms with Gasteiger partial charge in [0.2, 0.25) is 0 Å². The minimum absolute atomic E-state index is 0.495. The molecule has 0 amide bonds. The molecule has 0 spiro atoms. The minimum atomic E-state index is 0.495. The summed E-state index contributed by atoms with van der Waals surface area (Å²) in [7, 11) is 0. The van der Waals surface area contributed by atoms with Crippen molar-refractivity contribution in [2.45, 2.75) is 0 Å². The molecule has 0 radical (unpaired) electrons. The number of nitrogens with one attached hydrogen (secondary N) is 2. The number of nitrogens with zero attached hydrogens (tertiary/aromatic N) is 2. The van der Waals surface area contributed by atoms with E-state index in [0.717, 1.165) is 11.5 Å². The normalized spacial score (nSPS) is 13.6. The van der Waals surface area contributed by atoms with Gasteiger partial charge in [-0.2, -0.15) is 0 Å². The summed E-state index contributed by atoms with van der Waals surface area (Å²) in [6, 6.07) is 0. The summed E-state index contributed by atoms with van der Waals surface area (Å²) in [4.78, 5) is 7.77. The van der Waals surface area contributed by atoms with Gasteiger partial charge in [-0.25, -0.2) is 9.97 Å². The standard InChI is InChI=1S/C5H7N5/c6-4-3-5(9-1-7-3)10-2-8-4/h2,7H,1H2,(H3,6,8,9,10). The van der Waals surface area contributed by atoms with E-state index in [1.165, 1.54) is 6.33 Å². The van der Waals surface area contributed by atoms with Crippen LogP contribution in [-0.2, 0) is 0 Å². The van der Waals surface area contributed by atoms with E-state index in [1.54, 1.807) is 0 Å². The van der Waals surface area contributed by atoms with Gasteiger partial charge in [-0.05, 0) is 0 Å². The van der Waals surface area contributed by atoms with Crippen LogP contribution in [0.15, 0.2) is 6.33 Å². The van der Waals surface area contributed by atoms with E-state index in [2.05, 4.69) is 20.6 Å². The van der Waals surface area contributed by atoms with E-state index in [4.69, 9.17) is 5.73 Å². The topological polar surface area (TPSA) is 75.9 Å². The second-order valence-electron chi connectivity index (χ2n) is 2.01. The van der Waals surface area contributed by atoms with Crippen LogP contribution < -0.4 is 16.4 Å². The van der Waals surface area contributed by atoms with Crippen molar-refractivity contribution in [2.75, 3.05) is 23.0 Å². The lowest BCUT2D eigenvalue weighted by Gasteiger charge is -1.97. The first-order valence-corrected chi connectivity index (χ1v) is 2.96. The number of aromatic nitrogens is 2. The van der Waals surface area contributed by atoms with Gasteiger partial charge in [0.05, 0.1) is 6.67 Å². The number of rotatable bonds is 0. The van der Waals surface area contributed by atoms with Gasteiger partial charge in [0.25, 0.3) is 0 Å². The number of hydrogen-bond acceptors (Lipinski definition) is 5. The maximum Gasteiger partial charge on any atom is 0.156 e. The highest BCUT2D eigenvalue weighted by atomic mass is 15.2. The summed E-state index contributed by atoms with van der Waals surface area (Å²) in [6.45, 7) is 0.679. The Labute approximate surface area is 57.7 Å². The molecular weight excluding hydrogens is 130 g/mol. The summed E-state index contributed by atoms with van der Waals surface area (Å²) in [5.41, 5.74) is 6.33. The molecule has 0 unspecified atom stereocenters. The fourth-order valence-corrected chi connectivity index (χ4v) is 0.924. The Kier molecular flexibility index (Phi) is 0.913. The SMILES string of the molecule is Nc1ncnc2c1NCN2. The van der Waals surface area contributed by atoms with Crippen LogP contribution in [0.4, 0.5) is 17.3 Å². The molecular formula is C5H7N5. The molecule has 0 atom stereocenters. The van der Waals surface area contributed by atoms with E-state index in [1.807, 2.05) is 0 Å². The van der Waals surface area contributed by atoms with E-state index in [9.17, 15) is 0 Å². The maximum atomic E-state index is 5.52. The number of hydrogen-bond donors (Lipinski definition) is 3. The largest absolute Gasteiger partial charge is 0.382 e. The molecule has 0 bridgehead atoms. The Balaban J connectivity index is 2.59. The molecule has 1 aromatic rings. The predicted octanol–water partition coefficient (Wildman–Crippen LogP) is -0.146. The Morgan fingerprint density at radius 3 is 3.10 bits per heavy atom. The quantitative estimate of drug-likeness (QED) is 0.463. The van der Waals surface area contributed by atoms with Gasteiger partial charge in [0.1, 0.15) is 12.0 Å². The highest BCUT2D eigenvalue weighted by Gasteiger charge is 2.12. The monoisotopic (exact) mass is 137 g/mol. The second kappa shape index (κ2) is 1.73. The van der Waals surface area contributed by atoms with Gasteiger partial charge in [-0.3, -0.25) is 0 Å². The molecule has 2 heterocycles. The molecule has 10 heavy (non-hydrogen) atoms. The lowest BCUT2D eigenvalue weighted by Crippen LogP contribution is -2.00. The van der Waals surface area contributed by atoms with Gasteiger partial charge in [0, 0.05) is 0 Å². The van der Waals surface area contributed by atoms with Crippen LogP contribution in [0.3, 0.4) is 0 Å². The third kappa shape index (κ3) is 0.570. The number of nitrogens with two attached hydrogens (primary N) is 1. The molecule has 0 aromatic carbocycles. The fourth-order valence-electron chi connectivity index (χ4n) is 0.924. The highest BCUT2D eigenvalue weighted by molar-refractivity contribution is 5.78. The van der Waals surface area contributed by atoms with Crippen molar-refractivity contribution in [1.29, 1.82) is 0 Å². The molecule has 52 valence electrons. The molecule has 2 rings (SSSR count). The Morgan fingerprint density at radius 1 is 1.40 bits per heavy atom. The van der Waals surface area contributed by atoms with Crippen LogP contribution in [0.1, 0.15) is 0 Å². The molecule has 4 N–H and O–H groups in total. The first-order valence-electron chi connectivity index (χ1n) is 2.96. The summed E-state index contributed by atoms with van der Waals surface area (Å²) in [6.07, 6.45) is 1.44. The third-order valence-corrected chi connectivity index (χ3v) is 1.40. The maximum absolute atomic E-state index is 5.52. The van der Waals surface area contributed by atoms with Crippen molar-refractivity contribution >= 4 is 17.3 Å². The van der Waals surface area contributed by atoms with Gasteiger partial charge in [0.15, 0.2) is 11.6 Å². The van der Waals surface area contributed by atoms with E-state index in [0.29, 0.717) is 12.5 Å². The van der Waals surface area contributed by atoms with Crippen LogP contribution in [0.25, 0.3) is 0 Å². The number of anilines is 3. The summed E-state index contributed by atoms with van der Waals surface area (Å²) >= 11 is 0. The molecule has 0 saturated carbocycles. The van der Waals surface area contributed by atoms with Gasteiger partial charge in [-0.15, -0.1) is 0 Å². The lowest BCUT2D eigenvalue weighted by atomic mass is 10.4. The molecule has 5 heteroatoms. The second-order valence-corrected chi connectivity index (χ2v) is 2.01. The summed E-state index contributed by atoms with van der Waals surface area (Å²) in [5.74, 6) is 1.28. The van der Waals surface area contributed by atoms with Crippen molar-refractivity contribution in [2.24, 2.45) is 0 Å². The zero-order chi connectivity index (χ0) is 6.97. The van der Waals surface area contributed by atoms with Gasteiger partial charge in [-0.1, -0.05) is 0 Å². The van der Waals surface area contributed by atoms with Crippen molar-refractivity contribution in [3.8, 4) is 0 Å². The molecule has 1 aliphatic heterocycles. The van der Waals surface area contributed by atoms with Crippen LogP contribution in [0, 0.1) is 0 Å². The summed E-state index contributed by atoms with van der Waals surface area (Å²) < 4.78 is 0. The van der Waals surface area contributed by atoms with Crippen molar-refractivity contribution in [3.05, 3.63) is 6.33 Å². The van der Waals surface area contributed by atoms with E-state index < -0.39 is 0 Å². The van der Waals surface area contributed by atoms with Gasteiger partial charge < -0.3 is 16.4 Å². The van der Waals surface area contributed by atoms with E-state index in [-0.39, 0.29) is 0 Å². The smallest absolute Gasteiger partial charge is 0.156 e. The Morgan fingerprint density at radius 2 is 2.30 bits per heavy atom. The average Bonchev–Trinajstić information content (AvgIpc) is 2.36. The molecule has 5 nitrogen and oxygen atoms in total. The Hall–Kier alpha value is -1.52. The van der Waals surface area contributed by atoms with Crippen LogP contribution in [-0.4, -0.2) is 16.6 Å². The molecule has 1 aromatic heterocycles. The lowest BCUT2D eigenvalue weighted by molar-refractivity contribution is 1.19. The van der Waals surface area contributed by atoms with Crippen molar-refractivity contribution < 1.29 is 0 Å². The fraction of sp³-hybridized carbons (Fsp3) is 0.200. The third-order valence-electron chi connectivity index (χ3n) is 1.40. The number of nitrogen functional groups attached to an aromatic ring is 1. The number of fused-ring (bicyclic) bond motifs is 1. The highest BCUT2D eigenvalue weighted by Crippen LogP contribution is 2.26. The molecule has 1 aliphatic rings. The van der Waals surface area contributed by atoms with Crippen LogP contribution >= 0.6 is 0 Å². The van der Waals surface area contributed by atoms with Crippen LogP contribution in [0.5, 0.6) is 0 Å². The van der Waals surface area contributed by atoms with E-state index >= 15 is 0 Å². The zero-order valence-corrected chi connectivity index (χ0v) is 5.26. The first-order chi connectivity index (χ1) is 4.88. The molecule has 0 fully saturated rings. The predicted molar refractivity (Wildman–Crippen MR) is 38.6 cm³/mol. The zero-order valence-electron chi connectivity index (χ0n) is 5.26. The van der Waals surface area contributed by atoms with Crippen molar-refractivity contribution in [3.63, 3.8) is 0 Å². The molecule has 0 saturated heterocycles. The minimum Gasteiger partial charge on any atom is -0.382 e. The molecule has 0 aliphatic carbocycles. The first kappa shape index (κ1) is 5.28. The van der Waals surface area contributed by atoms with Gasteiger partial charge >= 0.3 is 0 Å². The van der Waals surface area contributed by atoms with Crippen LogP contribution in [0.2, 0.25) is 0 Å². The summed E-state index contributed by atoms with van der Waals surface area (Å²) in [5, 5.41) is 6.01. The van der Waals surface area contributed by atoms with Crippen molar-refractivity contribution in [1.82, 2.24) is 9.97 Å². The Bertz CT molecular complexity index is 258.